The van der Waals surface area contributed by atoms with E-state index >= 15 is 0 Å². The number of amides is 1. The lowest BCUT2D eigenvalue weighted by molar-refractivity contribution is -0.197. The van der Waals surface area contributed by atoms with E-state index in [0.29, 0.717) is 17.7 Å². The molecule has 0 saturated heterocycles. The van der Waals surface area contributed by atoms with Gasteiger partial charge in [-0.25, -0.2) is 0 Å². The fraction of sp³-hybridized carbons (Fsp3) is 0.556. The Labute approximate surface area is 220 Å². The lowest BCUT2D eigenvalue weighted by Crippen LogP contribution is -2.76. The molecule has 38 heavy (non-hydrogen) atoms. The number of nitrogens with one attached hydrogen (secondary N) is 1. The third-order valence-corrected chi connectivity index (χ3v) is 7.88. The van der Waals surface area contributed by atoms with Crippen molar-refractivity contribution in [3.05, 3.63) is 40.8 Å². The van der Waals surface area contributed by atoms with Gasteiger partial charge in [0.1, 0.15) is 17.4 Å². The molecule has 0 aromatic heterocycles. The molecule has 11 heteroatoms. The summed E-state index contributed by atoms with van der Waals surface area (Å²) in [4.78, 5) is 40.7. The standard InChI is InChI=1S/C27H36N3O8/c1-26(2,3)10-29-9-12-7-6-11-8-13-15(21(33)14(11)19(12)31)23(35)27(38)17(20(13)32)18(30(4)5)22(34)16(24(27)36)25(28)37/h6-8,13,16-18,20,22,29,31-34,38H,9-10H2,1-5H3,(H2,28,37)/t13-,16?,17-,18+,20+,22?,27+/m0/s1. The zero-order valence-corrected chi connectivity index (χ0v) is 22.1. The predicted octanol–water partition coefficient (Wildman–Crippen LogP) is -0.755. The minimum atomic E-state index is -2.94. The van der Waals surface area contributed by atoms with Gasteiger partial charge in [-0.15, -0.1) is 0 Å². The van der Waals surface area contributed by atoms with E-state index in [0.717, 1.165) is 0 Å². The highest BCUT2D eigenvalue weighted by Gasteiger charge is 2.70. The number of nitrogens with zero attached hydrogens (tertiary/aromatic N) is 1. The first-order chi connectivity index (χ1) is 17.5. The van der Waals surface area contributed by atoms with Gasteiger partial charge in [-0.1, -0.05) is 32.9 Å². The van der Waals surface area contributed by atoms with E-state index in [4.69, 9.17) is 5.73 Å². The normalized spacial score (nSPS) is 33.2. The maximum Gasteiger partial charge on any atom is 0.230 e. The number of aliphatic hydroxyl groups excluding tert-OH is 3. The van der Waals surface area contributed by atoms with Crippen LogP contribution in [0.2, 0.25) is 0 Å². The van der Waals surface area contributed by atoms with Gasteiger partial charge in [0, 0.05) is 48.5 Å². The third kappa shape index (κ3) is 4.13. The maximum absolute atomic E-state index is 13.8. The highest BCUT2D eigenvalue weighted by molar-refractivity contribution is 6.25. The second kappa shape index (κ2) is 9.42. The quantitative estimate of drug-likeness (QED) is 0.238. The molecule has 0 bridgehead atoms. The number of aliphatic hydroxyl groups is 4. The van der Waals surface area contributed by atoms with Crippen LogP contribution in [0.4, 0.5) is 0 Å². The smallest absolute Gasteiger partial charge is 0.230 e. The summed E-state index contributed by atoms with van der Waals surface area (Å²) in [6.07, 6.45) is -1.81. The monoisotopic (exact) mass is 530 g/mol. The molecule has 7 atom stereocenters. The first-order valence-corrected chi connectivity index (χ1v) is 12.5. The number of hydrogen-bond acceptors (Lipinski definition) is 10. The van der Waals surface area contributed by atoms with Crippen LogP contribution < -0.4 is 11.1 Å². The van der Waals surface area contributed by atoms with Gasteiger partial charge in [0.15, 0.2) is 11.4 Å². The SMILES string of the molecule is CN(C)[C@H]1C(O)C(C(N)=O)C(=O)[C@]2(O)C(=O)C3=C(O)c4c(ccc(CNCC(C)(C)C)c4O)[CH][C@@H]3[C@@H](O)[C@H]12. The predicted molar refractivity (Wildman–Crippen MR) is 136 cm³/mol. The first kappa shape index (κ1) is 28.2. The van der Waals surface area contributed by atoms with Crippen LogP contribution in [0.25, 0.3) is 5.76 Å². The number of likely N-dealkylation sites (N-methyl/N-ethyl adjacent to an activating group) is 1. The van der Waals surface area contributed by atoms with Crippen molar-refractivity contribution < 1.29 is 39.9 Å². The van der Waals surface area contributed by atoms with Crippen LogP contribution in [0.3, 0.4) is 0 Å². The van der Waals surface area contributed by atoms with Crippen LogP contribution in [0.15, 0.2) is 17.7 Å². The molecule has 1 amide bonds. The van der Waals surface area contributed by atoms with Gasteiger partial charge < -0.3 is 41.5 Å². The second-order valence-electron chi connectivity index (χ2n) is 12.0. The first-order valence-electron chi connectivity index (χ1n) is 12.5. The molecular formula is C27H36N3O8. The average Bonchev–Trinajstić information content (AvgIpc) is 2.79. The van der Waals surface area contributed by atoms with E-state index in [1.807, 2.05) is 20.8 Å². The fourth-order valence-electron chi connectivity index (χ4n) is 6.13. The van der Waals surface area contributed by atoms with Gasteiger partial charge >= 0.3 is 0 Å². The molecular weight excluding hydrogens is 494 g/mol. The number of ketones is 2. The molecule has 11 nitrogen and oxygen atoms in total. The zero-order valence-electron chi connectivity index (χ0n) is 22.1. The van der Waals surface area contributed by atoms with Crippen LogP contribution in [0.5, 0.6) is 5.75 Å². The van der Waals surface area contributed by atoms with Crippen molar-refractivity contribution in [2.45, 2.75) is 51.2 Å². The van der Waals surface area contributed by atoms with Gasteiger partial charge in [-0.3, -0.25) is 14.4 Å². The fourth-order valence-corrected chi connectivity index (χ4v) is 6.13. The number of carbonyl (C=O) groups is 3. The number of Topliss-reactive ketones (excluding diaryl/α,β-unsaturated/α-hetero) is 2. The van der Waals surface area contributed by atoms with Crippen LogP contribution in [-0.2, 0) is 20.9 Å². The number of aromatic hydroxyl groups is 1. The summed E-state index contributed by atoms with van der Waals surface area (Å²) in [6.45, 7) is 7.06. The number of fused-ring (bicyclic) bond motifs is 3. The Bertz CT molecular complexity index is 1220. The number of phenols is 1. The molecule has 207 valence electrons. The molecule has 8 N–H and O–H groups in total. The molecule has 2 unspecified atom stereocenters. The number of nitrogens with two attached hydrogens (primary N) is 1. The summed E-state index contributed by atoms with van der Waals surface area (Å²) in [6, 6.07) is 2.11. The number of phenolic OH excluding ortho intramolecular Hbond substituents is 1. The molecule has 1 radical (unpaired) electrons. The molecule has 3 aliphatic carbocycles. The molecule has 2 fully saturated rings. The van der Waals surface area contributed by atoms with Crippen molar-refractivity contribution in [1.29, 1.82) is 0 Å². The van der Waals surface area contributed by atoms with Crippen molar-refractivity contribution in [1.82, 2.24) is 10.2 Å². The minimum absolute atomic E-state index is 0.0150. The van der Waals surface area contributed by atoms with E-state index in [1.54, 1.807) is 12.1 Å². The number of carbonyl (C=O) groups excluding carboxylic acids is 3. The van der Waals surface area contributed by atoms with E-state index in [-0.39, 0.29) is 23.3 Å². The number of rotatable bonds is 5. The molecule has 0 aliphatic heterocycles. The molecule has 0 spiro atoms. The molecule has 0 heterocycles. The Hall–Kier alpha value is -2.83. The van der Waals surface area contributed by atoms with Gasteiger partial charge in [0.05, 0.1) is 17.8 Å². The number of benzene rings is 1. The average molecular weight is 531 g/mol. The molecule has 3 aliphatic rings. The molecule has 1 aromatic carbocycles. The Balaban J connectivity index is 1.83. The van der Waals surface area contributed by atoms with E-state index in [9.17, 15) is 39.9 Å². The summed E-state index contributed by atoms with van der Waals surface area (Å²) < 4.78 is 0. The van der Waals surface area contributed by atoms with Gasteiger partial charge in [-0.05, 0) is 25.1 Å². The summed E-state index contributed by atoms with van der Waals surface area (Å²) in [5, 5.41) is 59.5. The number of hydrogen-bond donors (Lipinski definition) is 7. The van der Waals surface area contributed by atoms with E-state index in [2.05, 4.69) is 5.32 Å². The summed E-state index contributed by atoms with van der Waals surface area (Å²) in [7, 11) is 3.02. The molecule has 4 rings (SSSR count). The highest BCUT2D eigenvalue weighted by atomic mass is 16.3. The van der Waals surface area contributed by atoms with Crippen molar-refractivity contribution >= 4 is 23.2 Å². The Morgan fingerprint density at radius 1 is 1.13 bits per heavy atom. The Morgan fingerprint density at radius 2 is 1.76 bits per heavy atom. The van der Waals surface area contributed by atoms with Gasteiger partial charge in [0.25, 0.3) is 0 Å². The summed E-state index contributed by atoms with van der Waals surface area (Å²) in [5.41, 5.74) is 2.69. The second-order valence-corrected chi connectivity index (χ2v) is 12.0. The van der Waals surface area contributed by atoms with Gasteiger partial charge in [0.2, 0.25) is 11.7 Å². The molecule has 2 saturated carbocycles. The Morgan fingerprint density at radius 3 is 2.32 bits per heavy atom. The minimum Gasteiger partial charge on any atom is -0.507 e. The lowest BCUT2D eigenvalue weighted by atomic mass is 9.53. The summed E-state index contributed by atoms with van der Waals surface area (Å²) in [5.74, 6) is -9.32. The van der Waals surface area contributed by atoms with Crippen LogP contribution in [-0.4, -0.2) is 92.4 Å². The van der Waals surface area contributed by atoms with Crippen LogP contribution >= 0.6 is 0 Å². The van der Waals surface area contributed by atoms with E-state index in [1.165, 1.54) is 25.4 Å². The summed E-state index contributed by atoms with van der Waals surface area (Å²) >= 11 is 0. The number of primary amides is 1. The lowest BCUT2D eigenvalue weighted by Gasteiger charge is -2.55. The van der Waals surface area contributed by atoms with E-state index < -0.39 is 70.4 Å². The molecule has 1 aromatic rings. The van der Waals surface area contributed by atoms with Crippen molar-refractivity contribution in [2.75, 3.05) is 20.6 Å². The third-order valence-electron chi connectivity index (χ3n) is 7.88. The van der Waals surface area contributed by atoms with Crippen LogP contribution in [0.1, 0.15) is 37.5 Å². The zero-order chi connectivity index (χ0) is 28.5. The van der Waals surface area contributed by atoms with Crippen molar-refractivity contribution in [2.24, 2.45) is 28.9 Å². The Kier molecular flexibility index (Phi) is 6.99. The van der Waals surface area contributed by atoms with Crippen molar-refractivity contribution in [3.8, 4) is 5.75 Å². The van der Waals surface area contributed by atoms with Crippen LogP contribution in [0, 0.1) is 29.6 Å². The van der Waals surface area contributed by atoms with Gasteiger partial charge in [-0.2, -0.15) is 0 Å². The topological polar surface area (TPSA) is 194 Å². The maximum atomic E-state index is 13.8. The highest BCUT2D eigenvalue weighted by Crippen LogP contribution is 2.53. The largest absolute Gasteiger partial charge is 0.507 e. The van der Waals surface area contributed by atoms with Crippen molar-refractivity contribution in [3.63, 3.8) is 0 Å².